The molecule has 0 aromatic carbocycles. The molecule has 37 heavy (non-hydrogen) atoms. The van der Waals surface area contributed by atoms with Crippen LogP contribution >= 0.6 is 15.6 Å². The molecule has 0 atom stereocenters. The normalized spacial score (nSPS) is 15.8. The van der Waals surface area contributed by atoms with E-state index in [2.05, 4.69) is 27.7 Å². The molecule has 0 aliphatic heterocycles. The van der Waals surface area contributed by atoms with Crippen molar-refractivity contribution in [3.63, 3.8) is 0 Å². The average molecular weight is 563 g/mol. The fourth-order valence-electron chi connectivity index (χ4n) is 3.36. The van der Waals surface area contributed by atoms with Crippen molar-refractivity contribution >= 4 is 15.6 Å². The van der Waals surface area contributed by atoms with Crippen molar-refractivity contribution in [3.8, 4) is 0 Å². The summed E-state index contributed by atoms with van der Waals surface area (Å²) in [5.74, 6) is 0. The van der Waals surface area contributed by atoms with E-state index in [1.54, 1.807) is 0 Å². The van der Waals surface area contributed by atoms with Crippen molar-refractivity contribution in [3.05, 3.63) is 46.6 Å². The first-order chi connectivity index (χ1) is 17.5. The van der Waals surface area contributed by atoms with Crippen molar-refractivity contribution in [1.82, 2.24) is 0 Å². The summed E-state index contributed by atoms with van der Waals surface area (Å²) in [6.45, 7) is 16.2. The Morgan fingerprint density at radius 2 is 0.703 bits per heavy atom. The lowest BCUT2D eigenvalue weighted by Crippen LogP contribution is -2.05. The van der Waals surface area contributed by atoms with Gasteiger partial charge in [0.2, 0.25) is 0 Å². The van der Waals surface area contributed by atoms with Gasteiger partial charge in [-0.15, -0.1) is 0 Å². The van der Waals surface area contributed by atoms with Gasteiger partial charge in [0.05, 0.1) is 26.4 Å². The zero-order valence-electron chi connectivity index (χ0n) is 24.5. The molecule has 0 radical (unpaired) electrons. The second-order valence-electron chi connectivity index (χ2n) is 9.36. The lowest BCUT2D eigenvalue weighted by atomic mass is 10.2. The molecule has 0 bridgehead atoms. The summed E-state index contributed by atoms with van der Waals surface area (Å²) >= 11 is 0. The fourth-order valence-corrected chi connectivity index (χ4v) is 6.27. The predicted molar refractivity (Wildman–Crippen MR) is 155 cm³/mol. The minimum atomic E-state index is -4.29. The Balaban J connectivity index is 5.81. The molecule has 0 aliphatic carbocycles. The highest BCUT2D eigenvalue weighted by atomic mass is 31.3. The molecule has 0 N–H and O–H groups in total. The summed E-state index contributed by atoms with van der Waals surface area (Å²) < 4.78 is 55.0. The Morgan fingerprint density at radius 3 is 0.892 bits per heavy atom. The van der Waals surface area contributed by atoms with Crippen LogP contribution in [0.1, 0.15) is 107 Å². The van der Waals surface area contributed by atoms with Gasteiger partial charge in [0.15, 0.2) is 0 Å². The Bertz CT molecular complexity index is 715. The zero-order valence-corrected chi connectivity index (χ0v) is 26.3. The molecule has 0 saturated carbocycles. The smallest absolute Gasteiger partial charge is 0.282 e. The van der Waals surface area contributed by atoms with Gasteiger partial charge < -0.3 is 0 Å². The number of phosphoric acid groups is 2. The van der Waals surface area contributed by atoms with Gasteiger partial charge in [-0.2, -0.15) is 4.31 Å². The van der Waals surface area contributed by atoms with Crippen LogP contribution in [0.25, 0.3) is 0 Å². The van der Waals surface area contributed by atoms with Crippen molar-refractivity contribution in [2.24, 2.45) is 0 Å². The lowest BCUT2D eigenvalue weighted by molar-refractivity contribution is 0.130. The van der Waals surface area contributed by atoms with E-state index < -0.39 is 15.6 Å². The Kier molecular flexibility index (Phi) is 20.6. The average Bonchev–Trinajstić information content (AvgIpc) is 2.79. The first-order valence-electron chi connectivity index (χ1n) is 13.6. The molecule has 0 aliphatic rings. The van der Waals surface area contributed by atoms with Crippen molar-refractivity contribution < 1.29 is 31.5 Å². The number of phosphoric ester groups is 2. The van der Waals surface area contributed by atoms with E-state index in [-0.39, 0.29) is 26.4 Å². The topological polar surface area (TPSA) is 80.3 Å². The molecule has 0 rings (SSSR count). The van der Waals surface area contributed by atoms with E-state index in [9.17, 15) is 9.13 Å². The first kappa shape index (κ1) is 36.2. The lowest BCUT2D eigenvalue weighted by Gasteiger charge is -2.22. The molecule has 0 aromatic rings. The van der Waals surface area contributed by atoms with Crippen LogP contribution < -0.4 is 0 Å². The molecule has 0 aromatic heterocycles. The fraction of sp³-hybridized carbons (Fsp3) is 0.714. The molecule has 0 fully saturated rings. The Morgan fingerprint density at radius 1 is 0.486 bits per heavy atom. The number of hydrogen-bond donors (Lipinski definition) is 0. The maximum absolute atomic E-state index is 13.6. The Hall–Kier alpha value is -0.780. The SMILES string of the molecule is CCC/C(C)=C/COP(=O)(OC/C=C(\C)CCC)OP(=O)(OC/C=C(\C)CCC)OC/C=C(\C)CCC. The van der Waals surface area contributed by atoms with Crippen LogP contribution in [-0.2, 0) is 31.5 Å². The molecular weight excluding hydrogens is 510 g/mol. The molecule has 0 heterocycles. The molecule has 0 spiro atoms. The highest BCUT2D eigenvalue weighted by molar-refractivity contribution is 7.62. The summed E-state index contributed by atoms with van der Waals surface area (Å²) in [5, 5.41) is 0. The third-order valence-corrected chi connectivity index (χ3v) is 8.90. The van der Waals surface area contributed by atoms with E-state index in [4.69, 9.17) is 22.4 Å². The summed E-state index contributed by atoms with van der Waals surface area (Å²) in [5.41, 5.74) is 4.38. The van der Waals surface area contributed by atoms with Crippen LogP contribution in [-0.4, -0.2) is 26.4 Å². The van der Waals surface area contributed by atoms with Gasteiger partial charge in [-0.05, 0) is 53.4 Å². The summed E-state index contributed by atoms with van der Waals surface area (Å²) in [4.78, 5) is 0. The highest BCUT2D eigenvalue weighted by Gasteiger charge is 2.40. The second kappa shape index (κ2) is 21.1. The zero-order chi connectivity index (χ0) is 28.2. The number of hydrogen-bond acceptors (Lipinski definition) is 7. The van der Waals surface area contributed by atoms with Crippen LogP contribution in [0.4, 0.5) is 0 Å². The van der Waals surface area contributed by atoms with Gasteiger partial charge in [0.1, 0.15) is 0 Å². The van der Waals surface area contributed by atoms with E-state index in [0.29, 0.717) is 0 Å². The summed E-state index contributed by atoms with van der Waals surface area (Å²) in [7, 11) is -8.58. The van der Waals surface area contributed by atoms with E-state index >= 15 is 0 Å². The minimum absolute atomic E-state index is 0.00815. The summed E-state index contributed by atoms with van der Waals surface area (Å²) in [6.07, 6.45) is 14.8. The van der Waals surface area contributed by atoms with E-state index in [1.165, 1.54) is 0 Å². The number of allylic oxidation sites excluding steroid dienone is 4. The van der Waals surface area contributed by atoms with Gasteiger partial charge in [-0.25, -0.2) is 9.13 Å². The molecule has 7 nitrogen and oxygen atoms in total. The van der Waals surface area contributed by atoms with Crippen molar-refractivity contribution in [2.75, 3.05) is 26.4 Å². The third-order valence-electron chi connectivity index (χ3n) is 5.44. The largest absolute Gasteiger partial charge is 0.484 e. The van der Waals surface area contributed by atoms with Crippen LogP contribution in [0.15, 0.2) is 46.6 Å². The van der Waals surface area contributed by atoms with Gasteiger partial charge in [-0.3, -0.25) is 18.1 Å². The maximum Gasteiger partial charge on any atom is 0.484 e. The van der Waals surface area contributed by atoms with Gasteiger partial charge in [0, 0.05) is 0 Å². The van der Waals surface area contributed by atoms with Crippen LogP contribution in [0, 0.1) is 0 Å². The number of rotatable bonds is 22. The highest BCUT2D eigenvalue weighted by Crippen LogP contribution is 2.66. The quantitative estimate of drug-likeness (QED) is 0.0959. The Labute approximate surface area is 227 Å². The second-order valence-corrected chi connectivity index (χ2v) is 12.8. The summed E-state index contributed by atoms with van der Waals surface area (Å²) in [6, 6.07) is 0. The van der Waals surface area contributed by atoms with Crippen LogP contribution in [0.5, 0.6) is 0 Å². The first-order valence-corrected chi connectivity index (χ1v) is 16.6. The standard InChI is InChI=1S/C28H52O7P2/c1-9-13-25(5)17-21-31-36(29,32-22-18-26(6)14-10-2)35-37(30,33-23-19-27(7)15-11-3)34-24-20-28(8)16-12-4/h17-20H,9-16,21-24H2,1-8H3/b25-17+,26-18+,27-19+,28-20+. The van der Waals surface area contributed by atoms with E-state index in [0.717, 1.165) is 73.7 Å². The third kappa shape index (κ3) is 19.0. The van der Waals surface area contributed by atoms with Crippen LogP contribution in [0.2, 0.25) is 0 Å². The molecule has 0 saturated heterocycles. The molecule has 216 valence electrons. The van der Waals surface area contributed by atoms with Crippen molar-refractivity contribution in [1.29, 1.82) is 0 Å². The molecular formula is C28H52O7P2. The molecule has 0 unspecified atom stereocenters. The minimum Gasteiger partial charge on any atom is -0.282 e. The van der Waals surface area contributed by atoms with Gasteiger partial charge in [-0.1, -0.05) is 100.0 Å². The monoisotopic (exact) mass is 562 g/mol. The molecule has 0 amide bonds. The van der Waals surface area contributed by atoms with Crippen molar-refractivity contribution in [2.45, 2.75) is 107 Å². The predicted octanol–water partition coefficient (Wildman–Crippen LogP) is 10.3. The maximum atomic E-state index is 13.6. The van der Waals surface area contributed by atoms with Crippen LogP contribution in [0.3, 0.4) is 0 Å². The molecule has 9 heteroatoms. The van der Waals surface area contributed by atoms with E-state index in [1.807, 2.05) is 52.0 Å². The van der Waals surface area contributed by atoms with Gasteiger partial charge >= 0.3 is 15.6 Å². The van der Waals surface area contributed by atoms with Gasteiger partial charge in [0.25, 0.3) is 0 Å².